The zero-order chi connectivity index (χ0) is 21.3. The molecule has 0 unspecified atom stereocenters. The van der Waals surface area contributed by atoms with Gasteiger partial charge in [-0.05, 0) is 48.9 Å². The summed E-state index contributed by atoms with van der Waals surface area (Å²) in [6, 6.07) is 14.1. The van der Waals surface area contributed by atoms with Crippen molar-refractivity contribution in [2.75, 3.05) is 0 Å². The first-order valence-electron chi connectivity index (χ1n) is 9.36. The number of nitrogens with one attached hydrogen (secondary N) is 1. The number of carbonyl (C=O) groups excluding carboxylic acids is 1. The van der Waals surface area contributed by atoms with Crippen molar-refractivity contribution in [3.63, 3.8) is 0 Å². The van der Waals surface area contributed by atoms with Crippen LogP contribution in [0.1, 0.15) is 34.5 Å². The highest BCUT2D eigenvalue weighted by molar-refractivity contribution is 5.97. The SMILES string of the molecule is C[C@H](NC(=O)c1ccc2ncn(Cc3ccc(F)cc3F)c2c1)c1ccc(F)cc1. The van der Waals surface area contributed by atoms with Gasteiger partial charge in [0.1, 0.15) is 17.5 Å². The fourth-order valence-electron chi connectivity index (χ4n) is 3.27. The Morgan fingerprint density at radius 1 is 1.00 bits per heavy atom. The Morgan fingerprint density at radius 3 is 2.47 bits per heavy atom. The third-order valence-corrected chi connectivity index (χ3v) is 4.96. The van der Waals surface area contributed by atoms with E-state index in [2.05, 4.69) is 10.3 Å². The van der Waals surface area contributed by atoms with E-state index < -0.39 is 11.6 Å². The van der Waals surface area contributed by atoms with E-state index >= 15 is 0 Å². The molecule has 0 spiro atoms. The van der Waals surface area contributed by atoms with E-state index in [9.17, 15) is 18.0 Å². The Morgan fingerprint density at radius 2 is 1.73 bits per heavy atom. The largest absolute Gasteiger partial charge is 0.346 e. The van der Waals surface area contributed by atoms with Crippen LogP contribution >= 0.6 is 0 Å². The summed E-state index contributed by atoms with van der Waals surface area (Å²) in [5, 5.41) is 2.88. The Hall–Kier alpha value is -3.61. The standard InChI is InChI=1S/C23H18F3N3O/c1-14(15-2-6-18(24)7-3-15)28-23(30)16-5-9-21-22(10-16)29(13-27-21)12-17-4-8-19(25)11-20(17)26/h2-11,13-14H,12H2,1H3,(H,28,30)/t14-/m0/s1. The molecule has 1 heterocycles. The quantitative estimate of drug-likeness (QED) is 0.505. The van der Waals surface area contributed by atoms with Gasteiger partial charge in [0, 0.05) is 17.2 Å². The Labute approximate surface area is 171 Å². The summed E-state index contributed by atoms with van der Waals surface area (Å²) in [6.45, 7) is 1.96. The molecule has 3 aromatic carbocycles. The first-order valence-corrected chi connectivity index (χ1v) is 9.36. The first-order chi connectivity index (χ1) is 14.4. The van der Waals surface area contributed by atoms with Gasteiger partial charge in [0.05, 0.1) is 29.9 Å². The van der Waals surface area contributed by atoms with Crippen LogP contribution < -0.4 is 5.32 Å². The Kier molecular flexibility index (Phi) is 5.27. The van der Waals surface area contributed by atoms with Crippen LogP contribution in [0.4, 0.5) is 13.2 Å². The Balaban J connectivity index is 1.57. The average molecular weight is 409 g/mol. The van der Waals surface area contributed by atoms with Gasteiger partial charge < -0.3 is 9.88 Å². The predicted molar refractivity (Wildman–Crippen MR) is 107 cm³/mol. The molecule has 0 bridgehead atoms. The number of aromatic nitrogens is 2. The van der Waals surface area contributed by atoms with Gasteiger partial charge in [0.15, 0.2) is 0 Å². The highest BCUT2D eigenvalue weighted by atomic mass is 19.1. The molecular formula is C23H18F3N3O. The zero-order valence-corrected chi connectivity index (χ0v) is 16.1. The molecule has 4 nitrogen and oxygen atoms in total. The number of rotatable bonds is 5. The van der Waals surface area contributed by atoms with E-state index in [1.807, 2.05) is 6.92 Å². The van der Waals surface area contributed by atoms with Crippen molar-refractivity contribution in [3.8, 4) is 0 Å². The van der Waals surface area contributed by atoms with Gasteiger partial charge in [-0.25, -0.2) is 18.2 Å². The van der Waals surface area contributed by atoms with Gasteiger partial charge in [-0.2, -0.15) is 0 Å². The van der Waals surface area contributed by atoms with Gasteiger partial charge in [-0.3, -0.25) is 4.79 Å². The molecule has 4 rings (SSSR count). The normalized spacial score (nSPS) is 12.1. The third kappa shape index (κ3) is 4.05. The molecule has 152 valence electrons. The van der Waals surface area contributed by atoms with Crippen LogP contribution in [0.25, 0.3) is 11.0 Å². The maximum Gasteiger partial charge on any atom is 0.251 e. The van der Waals surface area contributed by atoms with Gasteiger partial charge in [0.2, 0.25) is 0 Å². The zero-order valence-electron chi connectivity index (χ0n) is 16.1. The maximum absolute atomic E-state index is 14.0. The van der Waals surface area contributed by atoms with Crippen LogP contribution in [0.5, 0.6) is 0 Å². The summed E-state index contributed by atoms with van der Waals surface area (Å²) >= 11 is 0. The number of halogens is 3. The summed E-state index contributed by atoms with van der Waals surface area (Å²) < 4.78 is 42.0. The second-order valence-electron chi connectivity index (χ2n) is 7.06. The van der Waals surface area contributed by atoms with Crippen LogP contribution in [0, 0.1) is 17.5 Å². The molecule has 1 amide bonds. The number of nitrogens with zero attached hydrogens (tertiary/aromatic N) is 2. The third-order valence-electron chi connectivity index (χ3n) is 4.96. The van der Waals surface area contributed by atoms with E-state index in [1.165, 1.54) is 24.3 Å². The number of hydrogen-bond donors (Lipinski definition) is 1. The van der Waals surface area contributed by atoms with Crippen molar-refractivity contribution in [1.29, 1.82) is 0 Å². The van der Waals surface area contributed by atoms with Gasteiger partial charge in [-0.1, -0.05) is 18.2 Å². The van der Waals surface area contributed by atoms with Crippen molar-refractivity contribution in [2.24, 2.45) is 0 Å². The van der Waals surface area contributed by atoms with Gasteiger partial charge in [0.25, 0.3) is 5.91 Å². The lowest BCUT2D eigenvalue weighted by atomic mass is 10.1. The highest BCUT2D eigenvalue weighted by Crippen LogP contribution is 2.20. The van der Waals surface area contributed by atoms with Crippen molar-refractivity contribution in [3.05, 3.63) is 101 Å². The monoisotopic (exact) mass is 409 g/mol. The molecule has 0 saturated carbocycles. The fourth-order valence-corrected chi connectivity index (χ4v) is 3.27. The first kappa shape index (κ1) is 19.7. The summed E-state index contributed by atoms with van der Waals surface area (Å²) in [4.78, 5) is 17.0. The lowest BCUT2D eigenvalue weighted by molar-refractivity contribution is 0.0940. The number of hydrogen-bond acceptors (Lipinski definition) is 2. The molecule has 4 aromatic rings. The number of amides is 1. The second kappa shape index (κ2) is 8.02. The molecule has 0 aliphatic heterocycles. The molecule has 0 saturated heterocycles. The van der Waals surface area contributed by atoms with Gasteiger partial charge >= 0.3 is 0 Å². The van der Waals surface area contributed by atoms with Crippen molar-refractivity contribution in [1.82, 2.24) is 14.9 Å². The highest BCUT2D eigenvalue weighted by Gasteiger charge is 2.14. The minimum absolute atomic E-state index is 0.152. The molecule has 0 aliphatic rings. The number of fused-ring (bicyclic) bond motifs is 1. The molecule has 7 heteroatoms. The van der Waals surface area contributed by atoms with Gasteiger partial charge in [-0.15, -0.1) is 0 Å². The number of imidazole rings is 1. The van der Waals surface area contributed by atoms with Crippen LogP contribution in [0.15, 0.2) is 67.0 Å². The molecule has 0 fully saturated rings. The van der Waals surface area contributed by atoms with Crippen LogP contribution in [0.2, 0.25) is 0 Å². The lowest BCUT2D eigenvalue weighted by Crippen LogP contribution is -2.26. The molecule has 1 atom stereocenters. The van der Waals surface area contributed by atoms with Crippen LogP contribution in [0.3, 0.4) is 0 Å². The van der Waals surface area contributed by atoms with E-state index in [4.69, 9.17) is 0 Å². The minimum atomic E-state index is -0.640. The van der Waals surface area contributed by atoms with Crippen molar-refractivity contribution >= 4 is 16.9 Å². The molecular weight excluding hydrogens is 391 g/mol. The van der Waals surface area contributed by atoms with E-state index in [1.54, 1.807) is 41.2 Å². The lowest BCUT2D eigenvalue weighted by Gasteiger charge is -2.14. The second-order valence-corrected chi connectivity index (χ2v) is 7.06. The summed E-state index contributed by atoms with van der Waals surface area (Å²) in [5.74, 6) is -1.91. The fraction of sp³-hybridized carbons (Fsp3) is 0.130. The number of carbonyl (C=O) groups is 1. The summed E-state index contributed by atoms with van der Waals surface area (Å²) in [5.41, 5.74) is 2.82. The molecule has 0 aliphatic carbocycles. The van der Waals surface area contributed by atoms with E-state index in [-0.39, 0.29) is 24.3 Å². The number of benzene rings is 3. The topological polar surface area (TPSA) is 46.9 Å². The van der Waals surface area contributed by atoms with E-state index in [0.717, 1.165) is 11.6 Å². The van der Waals surface area contributed by atoms with Crippen LogP contribution in [-0.2, 0) is 6.54 Å². The van der Waals surface area contributed by atoms with E-state index in [0.29, 0.717) is 22.2 Å². The molecule has 1 aromatic heterocycles. The average Bonchev–Trinajstić information content (AvgIpc) is 3.12. The molecule has 0 radical (unpaired) electrons. The minimum Gasteiger partial charge on any atom is -0.346 e. The summed E-state index contributed by atoms with van der Waals surface area (Å²) in [6.07, 6.45) is 1.55. The van der Waals surface area contributed by atoms with Crippen molar-refractivity contribution < 1.29 is 18.0 Å². The van der Waals surface area contributed by atoms with Crippen molar-refractivity contribution in [2.45, 2.75) is 19.5 Å². The van der Waals surface area contributed by atoms with Crippen LogP contribution in [-0.4, -0.2) is 15.5 Å². The predicted octanol–water partition coefficient (Wildman–Crippen LogP) is 4.99. The smallest absolute Gasteiger partial charge is 0.251 e. The molecule has 30 heavy (non-hydrogen) atoms. The summed E-state index contributed by atoms with van der Waals surface area (Å²) in [7, 11) is 0. The Bertz CT molecular complexity index is 1220. The maximum atomic E-state index is 14.0. The molecule has 1 N–H and O–H groups in total.